The summed E-state index contributed by atoms with van der Waals surface area (Å²) < 4.78 is 55.9. The average molecular weight is 1030 g/mol. The number of anilines is 2. The Morgan fingerprint density at radius 2 is 1.25 bits per heavy atom. The zero-order valence-electron chi connectivity index (χ0n) is 44.4. The van der Waals surface area contributed by atoms with Gasteiger partial charge in [-0.2, -0.15) is 23.7 Å². The minimum absolute atomic E-state index is 0.0134. The lowest BCUT2D eigenvalue weighted by Gasteiger charge is -2.38. The summed E-state index contributed by atoms with van der Waals surface area (Å²) in [6.45, 7) is 36.3. The number of hydrogen-bond acceptors (Lipinski definition) is 13. The van der Waals surface area contributed by atoms with Gasteiger partial charge in [0.1, 0.15) is 33.5 Å². The molecule has 0 saturated carbocycles. The van der Waals surface area contributed by atoms with E-state index >= 15 is 0 Å². The van der Waals surface area contributed by atoms with Crippen LogP contribution in [0.2, 0.25) is 72.5 Å². The van der Waals surface area contributed by atoms with Gasteiger partial charge in [0.2, 0.25) is 0 Å². The van der Waals surface area contributed by atoms with E-state index < -0.39 is 68.5 Å². The molecule has 0 amide bonds. The number of hydrogen-bond donors (Lipinski definition) is 3. The van der Waals surface area contributed by atoms with Crippen molar-refractivity contribution >= 4 is 67.5 Å². The smallest absolute Gasteiger partial charge is 0.312 e. The Bertz CT molecular complexity index is 2430. The molecule has 14 nitrogen and oxygen atoms in total. The molecule has 3 aromatic heterocycles. The third-order valence-corrected chi connectivity index (χ3v) is 34.6. The first-order valence-corrected chi connectivity index (χ1v) is 36.0. The van der Waals surface area contributed by atoms with Crippen LogP contribution in [0.4, 0.5) is 26.1 Å². The monoisotopic (exact) mass is 1030 g/mol. The topological polar surface area (TPSA) is 191 Å². The third kappa shape index (κ3) is 12.3. The molecule has 2 saturated heterocycles. The quantitative estimate of drug-likeness (QED) is 0.0788. The van der Waals surface area contributed by atoms with E-state index in [1.807, 2.05) is 0 Å². The Morgan fingerprint density at radius 1 is 0.754 bits per heavy atom. The number of fused-ring (bicyclic) bond motifs is 2. The molecule has 3 aromatic rings. The van der Waals surface area contributed by atoms with Gasteiger partial charge in [0.15, 0.2) is 51.3 Å². The Labute approximate surface area is 414 Å². The molecular weight excluding hydrogens is 945 g/mol. The Hall–Kier alpha value is -3.45. The zero-order chi connectivity index (χ0) is 51.6. The first kappa shape index (κ1) is 56.5. The molecule has 6 atom stereocenters. The molecule has 3 aliphatic rings. The molecular formula is C49H81F2N9O5Si4. The first-order chi connectivity index (χ1) is 32.0. The number of nitrogens with two attached hydrogens (primary N) is 2. The van der Waals surface area contributed by atoms with Crippen LogP contribution in [0.1, 0.15) is 120 Å². The van der Waals surface area contributed by atoms with Crippen molar-refractivity contribution in [1.29, 1.82) is 0 Å². The predicted octanol–water partition coefficient (Wildman–Crippen LogP) is 10.6. The van der Waals surface area contributed by atoms with Gasteiger partial charge in [0.05, 0.1) is 37.3 Å². The van der Waals surface area contributed by atoms with E-state index in [4.69, 9.17) is 29.8 Å². The highest BCUT2D eigenvalue weighted by molar-refractivity contribution is 6.87. The van der Waals surface area contributed by atoms with Gasteiger partial charge in [-0.25, -0.2) is 9.97 Å². The van der Waals surface area contributed by atoms with E-state index in [1.165, 1.54) is 10.9 Å². The van der Waals surface area contributed by atoms with Crippen LogP contribution in [0.15, 0.2) is 11.3 Å². The fourth-order valence-corrected chi connectivity index (χ4v) is 15.6. The van der Waals surface area contributed by atoms with Gasteiger partial charge in [0, 0.05) is 12.6 Å². The van der Waals surface area contributed by atoms with E-state index in [-0.39, 0.29) is 57.9 Å². The molecule has 2 fully saturated rings. The minimum atomic E-state index is -2.11. The molecule has 69 heavy (non-hydrogen) atoms. The van der Waals surface area contributed by atoms with E-state index in [2.05, 4.69) is 162 Å². The van der Waals surface area contributed by atoms with Crippen LogP contribution in [0, 0.1) is 35.1 Å². The van der Waals surface area contributed by atoms with Crippen LogP contribution >= 0.6 is 0 Å². The summed E-state index contributed by atoms with van der Waals surface area (Å²) in [4.78, 5) is 23.6. The number of ether oxygens (including phenoxy) is 2. The molecule has 382 valence electrons. The molecule has 0 spiro atoms. The Morgan fingerprint density at radius 3 is 1.77 bits per heavy atom. The van der Waals surface area contributed by atoms with Crippen LogP contribution in [-0.2, 0) is 18.3 Å². The van der Waals surface area contributed by atoms with Gasteiger partial charge in [-0.15, -0.1) is 11.1 Å². The maximum absolute atomic E-state index is 13.9. The van der Waals surface area contributed by atoms with Gasteiger partial charge >= 0.3 is 12.2 Å². The second-order valence-electron chi connectivity index (χ2n) is 22.4. The van der Waals surface area contributed by atoms with Crippen molar-refractivity contribution in [1.82, 2.24) is 29.5 Å². The Balaban J connectivity index is 0.000000258. The van der Waals surface area contributed by atoms with E-state index in [9.17, 15) is 13.9 Å². The molecule has 20 heteroatoms. The molecule has 0 aromatic carbocycles. The van der Waals surface area contributed by atoms with Crippen molar-refractivity contribution < 1.29 is 32.2 Å². The summed E-state index contributed by atoms with van der Waals surface area (Å²) in [6, 6.07) is 6.56. The maximum atomic E-state index is 13.9. The summed E-state index contributed by atoms with van der Waals surface area (Å²) >= 11 is 0. The number of aliphatic hydroxyl groups excluding tert-OH is 1. The van der Waals surface area contributed by atoms with E-state index in [0.29, 0.717) is 18.0 Å². The number of aromatic nitrogens is 6. The van der Waals surface area contributed by atoms with Crippen molar-refractivity contribution in [3.05, 3.63) is 24.2 Å². The fraction of sp³-hybridized carbons (Fsp3) is 0.714. The van der Waals surface area contributed by atoms with E-state index in [1.54, 1.807) is 6.21 Å². The van der Waals surface area contributed by atoms with Gasteiger partial charge in [0.25, 0.3) is 0 Å². The van der Waals surface area contributed by atoms with Crippen LogP contribution in [0.5, 0.6) is 0 Å². The van der Waals surface area contributed by atoms with Crippen molar-refractivity contribution in [3.63, 3.8) is 0 Å². The zero-order valence-corrected chi connectivity index (χ0v) is 48.4. The van der Waals surface area contributed by atoms with Gasteiger partial charge in [-0.05, 0) is 85.4 Å². The summed E-state index contributed by atoms with van der Waals surface area (Å²) in [7, 11) is -7.56. The van der Waals surface area contributed by atoms with Crippen LogP contribution in [-0.4, -0.2) is 110 Å². The number of nitrogens with zero attached hydrogens (tertiary/aromatic N) is 7. The molecule has 6 heterocycles. The molecule has 3 aliphatic heterocycles. The Kier molecular flexibility index (Phi) is 17.5. The van der Waals surface area contributed by atoms with Gasteiger partial charge < -0.3 is 34.9 Å². The largest absolute Gasteiger partial charge is 0.413 e. The lowest BCUT2D eigenvalue weighted by Crippen LogP contribution is -2.46. The highest BCUT2D eigenvalue weighted by Gasteiger charge is 2.50. The van der Waals surface area contributed by atoms with Crippen LogP contribution in [0.3, 0.4) is 0 Å². The second-order valence-corrected chi connectivity index (χ2v) is 41.8. The summed E-state index contributed by atoms with van der Waals surface area (Å²) in [5, 5.41) is 11.3. The predicted molar refractivity (Wildman–Crippen MR) is 284 cm³/mol. The lowest BCUT2D eigenvalue weighted by atomic mass is 9.96. The number of aliphatic imine (C=N–C) groups is 1. The standard InChI is InChI=1S/C25H41FN4O2Si2.C24H40FN5O3Si2/c1-9-34(10-2,11-3)15-14-25(17-31-33(7,8)24(4,5)6)13-12-19(32-25)18-16-28-21-20(18)29-23(26)30-22(21)27;1-9-35(10-2,11-3)13-12-24(15-32-34(7,8)23(4,5)6)14-17(31)21(33-24)30-16-27-18-19(26)28-22(25)29-20(18)30/h16,18-19H,9-13,17H2,1-8H3,(H2,27,29,30);16-17,21,31H,9-11,14-15H2,1-8H3,(H2,26,28,29)/t18?,19-,25-;17?,21-,24+/m11/s1. The highest BCUT2D eigenvalue weighted by atomic mass is 28.4. The van der Waals surface area contributed by atoms with Crippen molar-refractivity contribution in [2.75, 3.05) is 24.7 Å². The summed E-state index contributed by atoms with van der Waals surface area (Å²) in [6.07, 6.45) is 1.26. The maximum Gasteiger partial charge on any atom is 0.312 e. The number of imidazole rings is 1. The summed E-state index contributed by atoms with van der Waals surface area (Å²) in [5.41, 5.74) is 18.8. The first-order valence-electron chi connectivity index (χ1n) is 25.0. The molecule has 0 bridgehead atoms. The van der Waals surface area contributed by atoms with Crippen LogP contribution < -0.4 is 11.5 Å². The van der Waals surface area contributed by atoms with E-state index in [0.717, 1.165) is 49.1 Å². The normalized spacial score (nSPS) is 24.1. The van der Waals surface area contributed by atoms with Crippen molar-refractivity contribution in [2.45, 2.75) is 210 Å². The van der Waals surface area contributed by atoms with Crippen LogP contribution in [0.25, 0.3) is 11.2 Å². The molecule has 2 unspecified atom stereocenters. The average Bonchev–Trinajstić information content (AvgIpc) is 4.08. The SMILES string of the molecule is CC[Si](C#C[C@@]1(CO[Si](C)(C)C(C)(C)C)CC(O)[C@H](n2cnc3c(N)nc(F)nc32)O1)(CC)CC.CC[Si](C#C[C@@]1(CO[Si](C)(C)C(C)(C)C)CC[C@H](C2C=Nc3c(N)nc(F)nc32)O1)(CC)CC. The van der Waals surface area contributed by atoms with Crippen molar-refractivity contribution in [3.8, 4) is 22.9 Å². The fourth-order valence-electron chi connectivity index (χ4n) is 8.49. The van der Waals surface area contributed by atoms with Gasteiger partial charge in [-0.3, -0.25) is 9.56 Å². The number of rotatable bonds is 14. The summed E-state index contributed by atoms with van der Waals surface area (Å²) in [5.74, 6) is 6.83. The number of halogens is 2. The number of aliphatic hydroxyl groups is 1. The van der Waals surface area contributed by atoms with Gasteiger partial charge in [-0.1, -0.05) is 94.9 Å². The highest BCUT2D eigenvalue weighted by Crippen LogP contribution is 2.46. The molecule has 0 aliphatic carbocycles. The molecule has 5 N–H and O–H groups in total. The van der Waals surface area contributed by atoms with Crippen molar-refractivity contribution in [2.24, 2.45) is 4.99 Å². The molecule has 0 radical (unpaired) electrons. The second kappa shape index (κ2) is 21.3. The third-order valence-electron chi connectivity index (χ3n) is 16.2. The molecule has 6 rings (SSSR count). The lowest BCUT2D eigenvalue weighted by molar-refractivity contribution is -0.0769. The minimum Gasteiger partial charge on any atom is -0.413 e. The number of nitrogen functional groups attached to an aromatic ring is 2.